The number of hydrogen-bond donors (Lipinski definition) is 3. The second-order valence-electron chi connectivity index (χ2n) is 2.17. The summed E-state index contributed by atoms with van der Waals surface area (Å²) in [5.41, 5.74) is 6.45. The maximum atomic E-state index is 5.32. The van der Waals surface area contributed by atoms with Gasteiger partial charge in [0.15, 0.2) is 0 Å². The molecule has 1 rings (SSSR count). The van der Waals surface area contributed by atoms with Gasteiger partial charge >= 0.3 is 0 Å². The zero-order valence-electron chi connectivity index (χ0n) is 5.93. The molecule has 0 amide bonds. The molecule has 4 N–H and O–H groups in total. The Labute approximate surface area is 60.6 Å². The summed E-state index contributed by atoms with van der Waals surface area (Å²) in [6.45, 7) is 1.70. The maximum absolute atomic E-state index is 5.32. The van der Waals surface area contributed by atoms with E-state index in [2.05, 4.69) is 10.3 Å². The predicted octanol–water partition coefficient (Wildman–Crippen LogP) is 0.775. The van der Waals surface area contributed by atoms with Crippen LogP contribution in [0.2, 0.25) is 0 Å². The van der Waals surface area contributed by atoms with Crippen LogP contribution >= 0.6 is 0 Å². The lowest BCUT2D eigenvalue weighted by atomic mass is 10.4. The summed E-state index contributed by atoms with van der Waals surface area (Å²) in [7, 11) is 0. The highest BCUT2D eigenvalue weighted by molar-refractivity contribution is 5.39. The van der Waals surface area contributed by atoms with Crippen molar-refractivity contribution in [2.75, 3.05) is 18.4 Å². The molecule has 0 atom stereocenters. The van der Waals surface area contributed by atoms with E-state index in [1.165, 1.54) is 0 Å². The first kappa shape index (κ1) is 7.15. The second-order valence-corrected chi connectivity index (χ2v) is 2.17. The van der Waals surface area contributed by atoms with Crippen LogP contribution in [0.3, 0.4) is 0 Å². The quantitative estimate of drug-likeness (QED) is 0.540. The number of H-pyrrole nitrogens is 1. The van der Waals surface area contributed by atoms with Crippen LogP contribution in [0.15, 0.2) is 18.5 Å². The van der Waals surface area contributed by atoms with Gasteiger partial charge in [0.1, 0.15) is 0 Å². The van der Waals surface area contributed by atoms with Crippen molar-refractivity contribution in [3.63, 3.8) is 0 Å². The largest absolute Gasteiger partial charge is 0.384 e. The van der Waals surface area contributed by atoms with Gasteiger partial charge in [-0.15, -0.1) is 0 Å². The van der Waals surface area contributed by atoms with Crippen LogP contribution in [0.5, 0.6) is 0 Å². The second kappa shape index (κ2) is 3.95. The molecule has 0 aliphatic carbocycles. The summed E-state index contributed by atoms with van der Waals surface area (Å²) in [6, 6.07) is 2.00. The molecular weight excluding hydrogens is 126 g/mol. The molecule has 3 heteroatoms. The molecule has 1 aromatic heterocycles. The van der Waals surface area contributed by atoms with E-state index < -0.39 is 0 Å². The molecule has 3 nitrogen and oxygen atoms in total. The van der Waals surface area contributed by atoms with Crippen molar-refractivity contribution in [1.82, 2.24) is 4.98 Å². The summed E-state index contributed by atoms with van der Waals surface area (Å²) in [5, 5.41) is 3.21. The van der Waals surface area contributed by atoms with Crippen LogP contribution in [0, 0.1) is 0 Å². The van der Waals surface area contributed by atoms with Crippen molar-refractivity contribution < 1.29 is 0 Å². The van der Waals surface area contributed by atoms with E-state index in [1.54, 1.807) is 0 Å². The van der Waals surface area contributed by atoms with Gasteiger partial charge in [-0.25, -0.2) is 0 Å². The van der Waals surface area contributed by atoms with E-state index in [-0.39, 0.29) is 0 Å². The smallest absolute Gasteiger partial charge is 0.0517 e. The lowest BCUT2D eigenvalue weighted by Gasteiger charge is -1.99. The number of nitrogens with two attached hydrogens (primary N) is 1. The molecule has 10 heavy (non-hydrogen) atoms. The van der Waals surface area contributed by atoms with E-state index in [0.29, 0.717) is 0 Å². The SMILES string of the molecule is NCCCNc1cc[nH]c1. The minimum absolute atomic E-state index is 0.747. The molecule has 0 unspecified atom stereocenters. The van der Waals surface area contributed by atoms with Crippen molar-refractivity contribution >= 4 is 5.69 Å². The lowest BCUT2D eigenvalue weighted by molar-refractivity contribution is 0.874. The molecule has 0 bridgehead atoms. The summed E-state index contributed by atoms with van der Waals surface area (Å²) in [6.07, 6.45) is 4.84. The van der Waals surface area contributed by atoms with Gasteiger partial charge in [0.05, 0.1) is 5.69 Å². The summed E-state index contributed by atoms with van der Waals surface area (Å²) < 4.78 is 0. The number of aromatic nitrogens is 1. The van der Waals surface area contributed by atoms with Crippen molar-refractivity contribution in [2.45, 2.75) is 6.42 Å². The Morgan fingerprint density at radius 3 is 3.10 bits per heavy atom. The van der Waals surface area contributed by atoms with Crippen molar-refractivity contribution in [3.05, 3.63) is 18.5 Å². The van der Waals surface area contributed by atoms with Crippen molar-refractivity contribution in [3.8, 4) is 0 Å². The van der Waals surface area contributed by atoms with E-state index >= 15 is 0 Å². The van der Waals surface area contributed by atoms with Crippen molar-refractivity contribution in [2.24, 2.45) is 5.73 Å². The Hall–Kier alpha value is -0.960. The lowest BCUT2D eigenvalue weighted by Crippen LogP contribution is -2.07. The van der Waals surface area contributed by atoms with Crippen LogP contribution in [0.1, 0.15) is 6.42 Å². The van der Waals surface area contributed by atoms with Gasteiger partial charge in [-0.1, -0.05) is 0 Å². The zero-order chi connectivity index (χ0) is 7.23. The Bertz CT molecular complexity index is 157. The number of anilines is 1. The molecular formula is C7H13N3. The van der Waals surface area contributed by atoms with E-state index in [9.17, 15) is 0 Å². The zero-order valence-corrected chi connectivity index (χ0v) is 5.93. The average molecular weight is 139 g/mol. The molecule has 0 radical (unpaired) electrons. The highest BCUT2D eigenvalue weighted by Crippen LogP contribution is 2.02. The third-order valence-electron chi connectivity index (χ3n) is 1.31. The van der Waals surface area contributed by atoms with Crippen LogP contribution in [-0.4, -0.2) is 18.1 Å². The molecule has 0 aliphatic heterocycles. The molecule has 0 saturated heterocycles. The van der Waals surface area contributed by atoms with Gasteiger partial charge in [-0.05, 0) is 19.0 Å². The van der Waals surface area contributed by atoms with Gasteiger partial charge in [0.2, 0.25) is 0 Å². The fourth-order valence-corrected chi connectivity index (χ4v) is 0.769. The van der Waals surface area contributed by atoms with Crippen LogP contribution in [-0.2, 0) is 0 Å². The van der Waals surface area contributed by atoms with Gasteiger partial charge in [-0.3, -0.25) is 0 Å². The Kier molecular flexibility index (Phi) is 2.83. The minimum Gasteiger partial charge on any atom is -0.384 e. The van der Waals surface area contributed by atoms with Crippen LogP contribution < -0.4 is 11.1 Å². The van der Waals surface area contributed by atoms with Gasteiger partial charge in [0.25, 0.3) is 0 Å². The number of nitrogens with one attached hydrogen (secondary N) is 2. The molecule has 1 heterocycles. The number of aromatic amines is 1. The number of rotatable bonds is 4. The normalized spacial score (nSPS) is 9.70. The molecule has 56 valence electrons. The molecule has 0 spiro atoms. The summed E-state index contributed by atoms with van der Waals surface area (Å²) in [4.78, 5) is 2.96. The average Bonchev–Trinajstić information content (AvgIpc) is 2.41. The first-order valence-corrected chi connectivity index (χ1v) is 3.50. The first-order valence-electron chi connectivity index (χ1n) is 3.50. The summed E-state index contributed by atoms with van der Waals surface area (Å²) in [5.74, 6) is 0. The fourth-order valence-electron chi connectivity index (χ4n) is 0.769. The van der Waals surface area contributed by atoms with Gasteiger partial charge < -0.3 is 16.0 Å². The molecule has 0 saturated carbocycles. The van der Waals surface area contributed by atoms with Gasteiger partial charge in [-0.2, -0.15) is 0 Å². The Morgan fingerprint density at radius 1 is 1.60 bits per heavy atom. The highest BCUT2D eigenvalue weighted by Gasteiger charge is 1.87. The Balaban J connectivity index is 2.15. The maximum Gasteiger partial charge on any atom is 0.0517 e. The van der Waals surface area contributed by atoms with E-state index in [0.717, 1.165) is 25.2 Å². The molecule has 0 fully saturated rings. The predicted molar refractivity (Wildman–Crippen MR) is 43.0 cm³/mol. The summed E-state index contributed by atoms with van der Waals surface area (Å²) >= 11 is 0. The topological polar surface area (TPSA) is 53.8 Å². The standard InChI is InChI=1S/C7H13N3/c8-3-1-4-10-7-2-5-9-6-7/h2,5-6,9-10H,1,3-4,8H2. The number of hydrogen-bond acceptors (Lipinski definition) is 2. The third kappa shape index (κ3) is 2.11. The fraction of sp³-hybridized carbons (Fsp3) is 0.429. The van der Waals surface area contributed by atoms with E-state index in [1.807, 2.05) is 18.5 Å². The minimum atomic E-state index is 0.747. The van der Waals surface area contributed by atoms with Crippen LogP contribution in [0.25, 0.3) is 0 Å². The van der Waals surface area contributed by atoms with E-state index in [4.69, 9.17) is 5.73 Å². The first-order chi connectivity index (χ1) is 4.93. The monoisotopic (exact) mass is 139 g/mol. The van der Waals surface area contributed by atoms with Gasteiger partial charge in [0, 0.05) is 18.9 Å². The highest BCUT2D eigenvalue weighted by atomic mass is 14.9. The molecule has 0 aromatic carbocycles. The third-order valence-corrected chi connectivity index (χ3v) is 1.31. The molecule has 1 aromatic rings. The molecule has 0 aliphatic rings. The van der Waals surface area contributed by atoms with Crippen molar-refractivity contribution in [1.29, 1.82) is 0 Å². The Morgan fingerprint density at radius 2 is 2.50 bits per heavy atom. The van der Waals surface area contributed by atoms with Crippen LogP contribution in [0.4, 0.5) is 5.69 Å².